The number of piperidine rings is 1. The van der Waals surface area contributed by atoms with E-state index in [1.165, 1.54) is 4.90 Å². The Bertz CT molecular complexity index is 521. The summed E-state index contributed by atoms with van der Waals surface area (Å²) in [6.45, 7) is 7.75. The van der Waals surface area contributed by atoms with Gasteiger partial charge in [0, 0.05) is 19.2 Å². The highest BCUT2D eigenvalue weighted by Crippen LogP contribution is 2.26. The molecule has 1 fully saturated rings. The molecule has 0 spiro atoms. The van der Waals surface area contributed by atoms with Crippen molar-refractivity contribution >= 4 is 21.7 Å². The van der Waals surface area contributed by atoms with Crippen LogP contribution in [0.15, 0.2) is 0 Å². The standard InChI is InChI=1S/C15H27NO5S/c1-11-7-6-9-16(12(17)8-10-22(5,19)20)13(11)14(18)21-15(2,3)4/h11,13H,6-10H2,1-5H3. The Morgan fingerprint density at radius 1 is 1.27 bits per heavy atom. The molecular weight excluding hydrogens is 306 g/mol. The molecule has 0 radical (unpaired) electrons. The van der Waals surface area contributed by atoms with Crippen LogP contribution in [-0.4, -0.2) is 55.4 Å². The fourth-order valence-electron chi connectivity index (χ4n) is 2.61. The molecule has 0 N–H and O–H groups in total. The molecule has 1 rings (SSSR count). The summed E-state index contributed by atoms with van der Waals surface area (Å²) in [6, 6.07) is -0.625. The van der Waals surface area contributed by atoms with Crippen molar-refractivity contribution < 1.29 is 22.7 Å². The number of carbonyl (C=O) groups is 2. The lowest BCUT2D eigenvalue weighted by molar-refractivity contribution is -0.169. The molecule has 2 atom stereocenters. The predicted octanol–water partition coefficient (Wildman–Crippen LogP) is 1.39. The van der Waals surface area contributed by atoms with Crippen LogP contribution >= 0.6 is 0 Å². The first-order chi connectivity index (χ1) is 9.91. The molecule has 0 saturated carbocycles. The number of nitrogens with zero attached hydrogens (tertiary/aromatic N) is 1. The van der Waals surface area contributed by atoms with E-state index < -0.39 is 27.4 Å². The third-order valence-corrected chi connectivity index (χ3v) is 4.53. The predicted molar refractivity (Wildman–Crippen MR) is 84.1 cm³/mol. The van der Waals surface area contributed by atoms with Gasteiger partial charge >= 0.3 is 5.97 Å². The molecule has 0 aromatic carbocycles. The summed E-state index contributed by atoms with van der Waals surface area (Å²) >= 11 is 0. The largest absolute Gasteiger partial charge is 0.458 e. The first-order valence-electron chi connectivity index (χ1n) is 7.61. The van der Waals surface area contributed by atoms with Gasteiger partial charge in [0.2, 0.25) is 5.91 Å². The molecule has 0 aliphatic carbocycles. The van der Waals surface area contributed by atoms with Gasteiger partial charge in [-0.25, -0.2) is 13.2 Å². The van der Waals surface area contributed by atoms with Gasteiger partial charge < -0.3 is 9.64 Å². The van der Waals surface area contributed by atoms with E-state index in [4.69, 9.17) is 4.74 Å². The minimum atomic E-state index is -3.20. The normalized spacial score (nSPS) is 23.2. The average molecular weight is 333 g/mol. The molecule has 1 amide bonds. The number of sulfone groups is 1. The molecule has 1 saturated heterocycles. The minimum Gasteiger partial charge on any atom is -0.458 e. The summed E-state index contributed by atoms with van der Waals surface area (Å²) in [4.78, 5) is 26.2. The molecule has 1 heterocycles. The smallest absolute Gasteiger partial charge is 0.329 e. The maximum Gasteiger partial charge on any atom is 0.329 e. The van der Waals surface area contributed by atoms with Crippen LogP contribution in [0.25, 0.3) is 0 Å². The Balaban J connectivity index is 2.85. The van der Waals surface area contributed by atoms with Crippen LogP contribution in [0.1, 0.15) is 47.0 Å². The highest BCUT2D eigenvalue weighted by Gasteiger charge is 2.39. The first kappa shape index (κ1) is 18.9. The molecule has 22 heavy (non-hydrogen) atoms. The van der Waals surface area contributed by atoms with E-state index in [9.17, 15) is 18.0 Å². The van der Waals surface area contributed by atoms with E-state index in [2.05, 4.69) is 0 Å². The van der Waals surface area contributed by atoms with Gasteiger partial charge in [-0.3, -0.25) is 4.79 Å². The van der Waals surface area contributed by atoms with Crippen molar-refractivity contribution in [2.75, 3.05) is 18.6 Å². The molecule has 0 aromatic rings. The lowest BCUT2D eigenvalue weighted by Crippen LogP contribution is -2.53. The Labute approximate surface area is 133 Å². The lowest BCUT2D eigenvalue weighted by Gasteiger charge is -2.39. The van der Waals surface area contributed by atoms with Crippen molar-refractivity contribution in [1.82, 2.24) is 4.90 Å². The highest BCUT2D eigenvalue weighted by atomic mass is 32.2. The van der Waals surface area contributed by atoms with Crippen molar-refractivity contribution in [3.8, 4) is 0 Å². The van der Waals surface area contributed by atoms with Crippen molar-refractivity contribution in [3.05, 3.63) is 0 Å². The fourth-order valence-corrected chi connectivity index (χ4v) is 3.15. The maximum atomic E-state index is 12.4. The van der Waals surface area contributed by atoms with Gasteiger partial charge in [-0.15, -0.1) is 0 Å². The van der Waals surface area contributed by atoms with Crippen LogP contribution in [0, 0.1) is 5.92 Å². The molecule has 128 valence electrons. The third-order valence-electron chi connectivity index (χ3n) is 3.59. The van der Waals surface area contributed by atoms with Crippen LogP contribution in [-0.2, 0) is 24.2 Å². The van der Waals surface area contributed by atoms with Crippen LogP contribution in [0.5, 0.6) is 0 Å². The number of hydrogen-bond donors (Lipinski definition) is 0. The van der Waals surface area contributed by atoms with Gasteiger partial charge in [-0.2, -0.15) is 0 Å². The Hall–Kier alpha value is -1.11. The zero-order valence-electron chi connectivity index (χ0n) is 14.1. The van der Waals surface area contributed by atoms with Gasteiger partial charge in [-0.1, -0.05) is 6.92 Å². The van der Waals surface area contributed by atoms with Crippen LogP contribution in [0.2, 0.25) is 0 Å². The van der Waals surface area contributed by atoms with E-state index >= 15 is 0 Å². The Morgan fingerprint density at radius 3 is 2.36 bits per heavy atom. The first-order valence-corrected chi connectivity index (χ1v) is 9.67. The van der Waals surface area contributed by atoms with Gasteiger partial charge in [0.25, 0.3) is 0 Å². The lowest BCUT2D eigenvalue weighted by atomic mass is 9.90. The van der Waals surface area contributed by atoms with Gasteiger partial charge in [0.1, 0.15) is 21.5 Å². The molecule has 1 aliphatic rings. The van der Waals surface area contributed by atoms with Gasteiger partial charge in [0.15, 0.2) is 0 Å². The van der Waals surface area contributed by atoms with E-state index in [1.54, 1.807) is 20.8 Å². The number of rotatable bonds is 4. The van der Waals surface area contributed by atoms with E-state index in [1.807, 2.05) is 6.92 Å². The summed E-state index contributed by atoms with van der Waals surface area (Å²) in [7, 11) is -3.20. The van der Waals surface area contributed by atoms with Crippen LogP contribution in [0.3, 0.4) is 0 Å². The molecule has 1 aliphatic heterocycles. The second-order valence-corrected chi connectivity index (χ2v) is 9.32. The van der Waals surface area contributed by atoms with Crippen LogP contribution < -0.4 is 0 Å². The molecule has 7 heteroatoms. The van der Waals surface area contributed by atoms with E-state index in [-0.39, 0.29) is 24.0 Å². The van der Waals surface area contributed by atoms with Crippen LogP contribution in [0.4, 0.5) is 0 Å². The average Bonchev–Trinajstić information content (AvgIpc) is 2.32. The Morgan fingerprint density at radius 2 is 1.86 bits per heavy atom. The monoisotopic (exact) mass is 333 g/mol. The maximum absolute atomic E-state index is 12.4. The zero-order valence-corrected chi connectivity index (χ0v) is 14.9. The quantitative estimate of drug-likeness (QED) is 0.726. The zero-order chi connectivity index (χ0) is 17.1. The van der Waals surface area contributed by atoms with E-state index in [0.29, 0.717) is 6.54 Å². The van der Waals surface area contributed by atoms with Gasteiger partial charge in [-0.05, 0) is 39.5 Å². The second-order valence-electron chi connectivity index (χ2n) is 7.06. The summed E-state index contributed by atoms with van der Waals surface area (Å²) in [5.74, 6) is -0.899. The van der Waals surface area contributed by atoms with Gasteiger partial charge in [0.05, 0.1) is 5.75 Å². The van der Waals surface area contributed by atoms with Crippen molar-refractivity contribution in [2.45, 2.75) is 58.6 Å². The molecule has 6 nitrogen and oxygen atoms in total. The van der Waals surface area contributed by atoms with E-state index in [0.717, 1.165) is 19.1 Å². The molecular formula is C15H27NO5S. The summed E-state index contributed by atoms with van der Waals surface area (Å²) in [6.07, 6.45) is 2.67. The van der Waals surface area contributed by atoms with Crippen molar-refractivity contribution in [1.29, 1.82) is 0 Å². The number of carbonyl (C=O) groups excluding carboxylic acids is 2. The fraction of sp³-hybridized carbons (Fsp3) is 0.867. The minimum absolute atomic E-state index is 0.00536. The number of hydrogen-bond acceptors (Lipinski definition) is 5. The van der Waals surface area contributed by atoms with Crippen molar-refractivity contribution in [3.63, 3.8) is 0 Å². The Kier molecular flexibility index (Phi) is 6.01. The second kappa shape index (κ2) is 6.98. The van der Waals surface area contributed by atoms with Crippen molar-refractivity contribution in [2.24, 2.45) is 5.92 Å². The third kappa shape index (κ3) is 5.94. The SMILES string of the molecule is CC1CCCN(C(=O)CCS(C)(=O)=O)C1C(=O)OC(C)(C)C. The number of amides is 1. The highest BCUT2D eigenvalue weighted by molar-refractivity contribution is 7.90. The number of likely N-dealkylation sites (tertiary alicyclic amines) is 1. The summed E-state index contributed by atoms with van der Waals surface area (Å²) in [5, 5.41) is 0. The summed E-state index contributed by atoms with van der Waals surface area (Å²) in [5.41, 5.74) is -0.615. The molecule has 0 bridgehead atoms. The molecule has 0 aromatic heterocycles. The molecule has 2 unspecified atom stereocenters. The number of ether oxygens (including phenoxy) is 1. The summed E-state index contributed by atoms with van der Waals surface area (Å²) < 4.78 is 27.9. The topological polar surface area (TPSA) is 80.8 Å². The number of esters is 1.